The lowest BCUT2D eigenvalue weighted by molar-refractivity contribution is -0.149. The van der Waals surface area contributed by atoms with Crippen LogP contribution in [0.3, 0.4) is 0 Å². The smallest absolute Gasteiger partial charge is 0.329 e. The molecule has 0 aromatic heterocycles. The number of halogens is 1. The minimum Gasteiger partial charge on any atom is -0.454 e. The molecule has 0 saturated heterocycles. The molecule has 0 heterocycles. The minimum atomic E-state index is -0.932. The van der Waals surface area contributed by atoms with Gasteiger partial charge in [0.2, 0.25) is 0 Å². The third-order valence-corrected chi connectivity index (χ3v) is 3.81. The Balaban J connectivity index is 2.62. The number of ether oxygens (including phenoxy) is 1. The van der Waals surface area contributed by atoms with Crippen molar-refractivity contribution in [1.82, 2.24) is 5.32 Å². The van der Waals surface area contributed by atoms with Crippen molar-refractivity contribution in [3.8, 4) is 6.07 Å². The predicted molar refractivity (Wildman–Crippen MR) is 95.3 cm³/mol. The van der Waals surface area contributed by atoms with Crippen LogP contribution in [0.25, 0.3) is 0 Å². The van der Waals surface area contributed by atoms with Crippen molar-refractivity contribution in [2.24, 2.45) is 5.73 Å². The van der Waals surface area contributed by atoms with E-state index in [1.165, 1.54) is 30.0 Å². The fourth-order valence-corrected chi connectivity index (χ4v) is 2.44. The maximum absolute atomic E-state index is 12.0. The number of benzene rings is 1. The molecule has 25 heavy (non-hydrogen) atoms. The van der Waals surface area contributed by atoms with Crippen LogP contribution >= 0.6 is 23.4 Å². The molecule has 1 aromatic rings. The number of rotatable bonds is 8. The fourth-order valence-electron chi connectivity index (χ4n) is 1.80. The Morgan fingerprint density at radius 2 is 2.16 bits per heavy atom. The van der Waals surface area contributed by atoms with Crippen molar-refractivity contribution in [3.05, 3.63) is 28.8 Å². The first kappa shape index (κ1) is 20.6. The molecule has 4 N–H and O–H groups in total. The first-order valence-corrected chi connectivity index (χ1v) is 8.85. The molecule has 3 amide bonds. The normalized spacial score (nSPS) is 11.1. The number of esters is 1. The molecule has 10 heteroatoms. The summed E-state index contributed by atoms with van der Waals surface area (Å²) in [6, 6.07) is 4.51. The van der Waals surface area contributed by atoms with Gasteiger partial charge in [0.05, 0.1) is 11.3 Å². The number of nitriles is 1. The van der Waals surface area contributed by atoms with E-state index in [1.54, 1.807) is 0 Å². The summed E-state index contributed by atoms with van der Waals surface area (Å²) in [7, 11) is 0. The van der Waals surface area contributed by atoms with Crippen molar-refractivity contribution in [2.75, 3.05) is 23.9 Å². The van der Waals surface area contributed by atoms with Gasteiger partial charge in [-0.05, 0) is 36.6 Å². The van der Waals surface area contributed by atoms with Gasteiger partial charge in [-0.2, -0.15) is 17.0 Å². The third-order valence-electron chi connectivity index (χ3n) is 2.93. The van der Waals surface area contributed by atoms with Crippen LogP contribution in [0.5, 0.6) is 0 Å². The molecule has 0 aliphatic rings. The van der Waals surface area contributed by atoms with Crippen LogP contribution in [-0.4, -0.2) is 42.6 Å². The van der Waals surface area contributed by atoms with Crippen LogP contribution in [0.4, 0.5) is 10.5 Å². The number of hydrogen-bond acceptors (Lipinski definition) is 6. The number of hydrogen-bond donors (Lipinski definition) is 3. The van der Waals surface area contributed by atoms with Crippen molar-refractivity contribution < 1.29 is 19.1 Å². The number of primary amides is 1. The van der Waals surface area contributed by atoms with Crippen LogP contribution in [0.2, 0.25) is 5.02 Å². The standard InChI is InChI=1S/C15H17ClN4O4S/c1-25-5-4-11(20-15(18)23)14(22)24-8-13(21)19-12-6-10(16)3-2-9(12)7-17/h2-3,6,11H,4-5,8H2,1H3,(H,19,21)(H3,18,20,23)/t11-/m1/s1. The summed E-state index contributed by atoms with van der Waals surface area (Å²) in [6.45, 7) is -0.577. The summed E-state index contributed by atoms with van der Waals surface area (Å²) in [6.07, 6.45) is 2.16. The zero-order valence-corrected chi connectivity index (χ0v) is 14.9. The molecule has 0 saturated carbocycles. The average Bonchev–Trinajstić information content (AvgIpc) is 2.56. The predicted octanol–water partition coefficient (Wildman–Crippen LogP) is 1.48. The number of amides is 3. The summed E-state index contributed by atoms with van der Waals surface area (Å²) in [5.74, 6) is -0.815. The molecule has 1 atom stereocenters. The Bertz CT molecular complexity index is 693. The molecule has 1 aromatic carbocycles. The fraction of sp³-hybridized carbons (Fsp3) is 0.333. The highest BCUT2D eigenvalue weighted by molar-refractivity contribution is 7.98. The van der Waals surface area contributed by atoms with Crippen LogP contribution in [0.15, 0.2) is 18.2 Å². The number of urea groups is 1. The Hall–Kier alpha value is -2.44. The number of nitrogens with one attached hydrogen (secondary N) is 2. The van der Waals surface area contributed by atoms with E-state index < -0.39 is 30.6 Å². The van der Waals surface area contributed by atoms with Gasteiger partial charge in [0.25, 0.3) is 5.91 Å². The van der Waals surface area contributed by atoms with Gasteiger partial charge >= 0.3 is 12.0 Å². The van der Waals surface area contributed by atoms with E-state index in [0.29, 0.717) is 17.2 Å². The maximum atomic E-state index is 12.0. The van der Waals surface area contributed by atoms with Crippen molar-refractivity contribution in [1.29, 1.82) is 5.26 Å². The van der Waals surface area contributed by atoms with E-state index in [9.17, 15) is 14.4 Å². The maximum Gasteiger partial charge on any atom is 0.329 e. The van der Waals surface area contributed by atoms with Crippen molar-refractivity contribution in [3.63, 3.8) is 0 Å². The summed E-state index contributed by atoms with van der Waals surface area (Å²) in [4.78, 5) is 34.8. The van der Waals surface area contributed by atoms with Crippen LogP contribution in [0.1, 0.15) is 12.0 Å². The Labute approximate surface area is 154 Å². The molecule has 8 nitrogen and oxygen atoms in total. The lowest BCUT2D eigenvalue weighted by Gasteiger charge is -2.16. The molecule has 0 fully saturated rings. The van der Waals surface area contributed by atoms with Crippen molar-refractivity contribution in [2.45, 2.75) is 12.5 Å². The molecule has 0 bridgehead atoms. The monoisotopic (exact) mass is 384 g/mol. The quantitative estimate of drug-likeness (QED) is 0.581. The number of carbonyl (C=O) groups is 3. The molecule has 0 aliphatic carbocycles. The highest BCUT2D eigenvalue weighted by Crippen LogP contribution is 2.20. The van der Waals surface area contributed by atoms with Gasteiger partial charge in [-0.15, -0.1) is 0 Å². The van der Waals surface area contributed by atoms with Gasteiger partial charge < -0.3 is 21.1 Å². The van der Waals surface area contributed by atoms with E-state index in [1.807, 2.05) is 12.3 Å². The number of nitrogens with two attached hydrogens (primary N) is 1. The number of anilines is 1. The van der Waals surface area contributed by atoms with Gasteiger partial charge in [-0.3, -0.25) is 4.79 Å². The molecule has 0 aliphatic heterocycles. The first-order valence-electron chi connectivity index (χ1n) is 7.08. The lowest BCUT2D eigenvalue weighted by atomic mass is 10.2. The first-order chi connectivity index (χ1) is 11.9. The third kappa shape index (κ3) is 7.32. The van der Waals surface area contributed by atoms with E-state index in [2.05, 4.69) is 10.6 Å². The second kappa shape index (κ2) is 10.4. The Kier molecular flexibility index (Phi) is 8.60. The number of nitrogens with zero attached hydrogens (tertiary/aromatic N) is 1. The summed E-state index contributed by atoms with van der Waals surface area (Å²) < 4.78 is 4.89. The highest BCUT2D eigenvalue weighted by atomic mass is 35.5. The largest absolute Gasteiger partial charge is 0.454 e. The molecule has 0 spiro atoms. The Morgan fingerprint density at radius 1 is 1.44 bits per heavy atom. The lowest BCUT2D eigenvalue weighted by Crippen LogP contribution is -2.45. The van der Waals surface area contributed by atoms with E-state index >= 15 is 0 Å². The summed E-state index contributed by atoms with van der Waals surface area (Å²) in [5.41, 5.74) is 5.45. The minimum absolute atomic E-state index is 0.213. The topological polar surface area (TPSA) is 134 Å². The zero-order chi connectivity index (χ0) is 18.8. The van der Waals surface area contributed by atoms with E-state index in [0.717, 1.165) is 0 Å². The molecule has 134 valence electrons. The van der Waals surface area contributed by atoms with E-state index in [-0.39, 0.29) is 11.3 Å². The number of carbonyl (C=O) groups excluding carboxylic acids is 3. The molecular weight excluding hydrogens is 368 g/mol. The Morgan fingerprint density at radius 3 is 2.76 bits per heavy atom. The average molecular weight is 385 g/mol. The van der Waals surface area contributed by atoms with Crippen LogP contribution < -0.4 is 16.4 Å². The second-order valence-corrected chi connectivity index (χ2v) is 6.22. The summed E-state index contributed by atoms with van der Waals surface area (Å²) in [5, 5.41) is 14.1. The molecular formula is C15H17ClN4O4S. The van der Waals surface area contributed by atoms with Gasteiger partial charge in [-0.1, -0.05) is 11.6 Å². The van der Waals surface area contributed by atoms with Crippen LogP contribution in [0, 0.1) is 11.3 Å². The zero-order valence-electron chi connectivity index (χ0n) is 13.4. The number of thioether (sulfide) groups is 1. The van der Waals surface area contributed by atoms with Gasteiger partial charge in [0.15, 0.2) is 6.61 Å². The van der Waals surface area contributed by atoms with Crippen LogP contribution in [-0.2, 0) is 14.3 Å². The summed E-state index contributed by atoms with van der Waals surface area (Å²) >= 11 is 7.31. The highest BCUT2D eigenvalue weighted by Gasteiger charge is 2.22. The van der Waals surface area contributed by atoms with E-state index in [4.69, 9.17) is 27.3 Å². The van der Waals surface area contributed by atoms with Crippen molar-refractivity contribution >= 4 is 47.0 Å². The second-order valence-electron chi connectivity index (χ2n) is 4.80. The molecule has 0 unspecified atom stereocenters. The SMILES string of the molecule is CSCC[C@@H](NC(N)=O)C(=O)OCC(=O)Nc1cc(Cl)ccc1C#N. The van der Waals surface area contributed by atoms with Gasteiger partial charge in [0, 0.05) is 5.02 Å². The van der Waals surface area contributed by atoms with Gasteiger partial charge in [-0.25, -0.2) is 9.59 Å². The van der Waals surface area contributed by atoms with Gasteiger partial charge in [0.1, 0.15) is 12.1 Å². The molecule has 0 radical (unpaired) electrons. The molecule has 1 rings (SSSR count).